The summed E-state index contributed by atoms with van der Waals surface area (Å²) < 4.78 is 0. The standard InChI is InChI=1S/C24H48N2O/c1-4-7-8-9-10-11-12-13-14-15-16-17-18-19-20-21-22-23(24(25)27)26(5-2)6-3/h13-14,23H,4-12,15-22H2,1-3H3,(H2,25,27)/b14-13-. The molecule has 0 aromatic heterocycles. The Morgan fingerprint density at radius 1 is 0.741 bits per heavy atom. The van der Waals surface area contributed by atoms with Crippen LogP contribution in [0.15, 0.2) is 12.2 Å². The van der Waals surface area contributed by atoms with Gasteiger partial charge in [-0.05, 0) is 45.2 Å². The van der Waals surface area contributed by atoms with Gasteiger partial charge in [0.2, 0.25) is 5.91 Å². The third kappa shape index (κ3) is 15.9. The summed E-state index contributed by atoms with van der Waals surface area (Å²) in [5, 5.41) is 0. The van der Waals surface area contributed by atoms with E-state index >= 15 is 0 Å². The summed E-state index contributed by atoms with van der Waals surface area (Å²) >= 11 is 0. The van der Waals surface area contributed by atoms with Gasteiger partial charge in [-0.25, -0.2) is 0 Å². The van der Waals surface area contributed by atoms with E-state index in [4.69, 9.17) is 5.73 Å². The molecule has 0 aliphatic carbocycles. The zero-order valence-electron chi connectivity index (χ0n) is 18.7. The summed E-state index contributed by atoms with van der Waals surface area (Å²) in [6.07, 6.45) is 24.1. The maximum atomic E-state index is 11.6. The Balaban J connectivity index is 3.46. The van der Waals surface area contributed by atoms with Crippen LogP contribution in [0.1, 0.15) is 117 Å². The molecule has 3 heteroatoms. The Labute approximate surface area is 170 Å². The molecule has 1 unspecified atom stereocenters. The second kappa shape index (κ2) is 19.9. The Morgan fingerprint density at radius 2 is 1.19 bits per heavy atom. The minimum atomic E-state index is -0.161. The molecule has 2 N–H and O–H groups in total. The summed E-state index contributed by atoms with van der Waals surface area (Å²) in [5.41, 5.74) is 5.57. The van der Waals surface area contributed by atoms with E-state index in [1.54, 1.807) is 0 Å². The predicted molar refractivity (Wildman–Crippen MR) is 120 cm³/mol. The van der Waals surface area contributed by atoms with Crippen LogP contribution in [0.2, 0.25) is 0 Å². The number of amides is 1. The highest BCUT2D eigenvalue weighted by atomic mass is 16.1. The molecule has 0 radical (unpaired) electrons. The van der Waals surface area contributed by atoms with Crippen molar-refractivity contribution >= 4 is 5.91 Å². The molecule has 0 rings (SSSR count). The van der Waals surface area contributed by atoms with Gasteiger partial charge in [-0.1, -0.05) is 97.1 Å². The van der Waals surface area contributed by atoms with E-state index in [2.05, 4.69) is 37.8 Å². The van der Waals surface area contributed by atoms with Gasteiger partial charge in [0, 0.05) is 0 Å². The average Bonchev–Trinajstić information content (AvgIpc) is 2.66. The van der Waals surface area contributed by atoms with Crippen molar-refractivity contribution in [3.05, 3.63) is 12.2 Å². The van der Waals surface area contributed by atoms with E-state index < -0.39 is 0 Å². The lowest BCUT2D eigenvalue weighted by Gasteiger charge is -2.26. The van der Waals surface area contributed by atoms with E-state index in [-0.39, 0.29) is 11.9 Å². The van der Waals surface area contributed by atoms with Crippen molar-refractivity contribution in [1.82, 2.24) is 4.90 Å². The quantitative estimate of drug-likeness (QED) is 0.191. The van der Waals surface area contributed by atoms with Crippen LogP contribution in [0.25, 0.3) is 0 Å². The molecule has 0 aliphatic rings. The highest BCUT2D eigenvalue weighted by Gasteiger charge is 2.20. The minimum absolute atomic E-state index is 0.0724. The molecule has 0 spiro atoms. The highest BCUT2D eigenvalue weighted by molar-refractivity contribution is 5.79. The largest absolute Gasteiger partial charge is 0.368 e. The van der Waals surface area contributed by atoms with Gasteiger partial charge in [-0.15, -0.1) is 0 Å². The van der Waals surface area contributed by atoms with Crippen LogP contribution in [0.3, 0.4) is 0 Å². The zero-order chi connectivity index (χ0) is 20.2. The van der Waals surface area contributed by atoms with Crippen LogP contribution in [0.4, 0.5) is 0 Å². The summed E-state index contributed by atoms with van der Waals surface area (Å²) in [6.45, 7) is 8.27. The summed E-state index contributed by atoms with van der Waals surface area (Å²) in [5.74, 6) is -0.161. The fraction of sp³-hybridized carbons (Fsp3) is 0.875. The molecule has 0 bridgehead atoms. The van der Waals surface area contributed by atoms with Crippen LogP contribution in [-0.2, 0) is 4.79 Å². The molecule has 0 aromatic carbocycles. The number of nitrogens with two attached hydrogens (primary N) is 1. The Kier molecular flexibility index (Phi) is 19.3. The number of allylic oxidation sites excluding steroid dienone is 2. The first-order valence-electron chi connectivity index (χ1n) is 11.9. The molecule has 27 heavy (non-hydrogen) atoms. The van der Waals surface area contributed by atoms with Gasteiger partial charge < -0.3 is 5.73 Å². The Bertz CT molecular complexity index is 350. The number of rotatable bonds is 20. The van der Waals surface area contributed by atoms with Gasteiger partial charge in [0.25, 0.3) is 0 Å². The molecular weight excluding hydrogens is 332 g/mol. The highest BCUT2D eigenvalue weighted by Crippen LogP contribution is 2.13. The second-order valence-electron chi connectivity index (χ2n) is 7.87. The molecular formula is C24H48N2O. The number of hydrogen-bond acceptors (Lipinski definition) is 2. The first-order valence-corrected chi connectivity index (χ1v) is 11.9. The molecule has 0 fully saturated rings. The van der Waals surface area contributed by atoms with E-state index in [1.165, 1.54) is 83.5 Å². The van der Waals surface area contributed by atoms with Crippen molar-refractivity contribution < 1.29 is 4.79 Å². The molecule has 1 atom stereocenters. The normalized spacial score (nSPS) is 12.9. The summed E-state index contributed by atoms with van der Waals surface area (Å²) in [4.78, 5) is 13.8. The average molecular weight is 381 g/mol. The fourth-order valence-corrected chi connectivity index (χ4v) is 3.75. The zero-order valence-corrected chi connectivity index (χ0v) is 18.7. The molecule has 3 nitrogen and oxygen atoms in total. The Hall–Kier alpha value is -0.830. The van der Waals surface area contributed by atoms with Gasteiger partial charge in [0.1, 0.15) is 0 Å². The maximum absolute atomic E-state index is 11.6. The van der Waals surface area contributed by atoms with Crippen LogP contribution >= 0.6 is 0 Å². The van der Waals surface area contributed by atoms with Gasteiger partial charge in [0.05, 0.1) is 6.04 Å². The monoisotopic (exact) mass is 380 g/mol. The van der Waals surface area contributed by atoms with Gasteiger partial charge >= 0.3 is 0 Å². The predicted octanol–water partition coefficient (Wildman–Crippen LogP) is 6.61. The van der Waals surface area contributed by atoms with Crippen LogP contribution < -0.4 is 5.73 Å². The minimum Gasteiger partial charge on any atom is -0.368 e. The fourth-order valence-electron chi connectivity index (χ4n) is 3.75. The molecule has 0 heterocycles. The molecule has 0 aliphatic heterocycles. The number of nitrogens with zero attached hydrogens (tertiary/aromatic N) is 1. The van der Waals surface area contributed by atoms with Gasteiger partial charge in [-0.3, -0.25) is 9.69 Å². The lowest BCUT2D eigenvalue weighted by Crippen LogP contribution is -2.44. The Morgan fingerprint density at radius 3 is 1.63 bits per heavy atom. The number of carbonyl (C=O) groups excluding carboxylic acids is 1. The van der Waals surface area contributed by atoms with Crippen molar-refractivity contribution in [1.29, 1.82) is 0 Å². The number of hydrogen-bond donors (Lipinski definition) is 1. The van der Waals surface area contributed by atoms with Gasteiger partial charge in [0.15, 0.2) is 0 Å². The molecule has 0 aromatic rings. The summed E-state index contributed by atoms with van der Waals surface area (Å²) in [6, 6.07) is -0.0724. The number of primary amides is 1. The molecule has 1 amide bonds. The van der Waals surface area contributed by atoms with E-state index in [9.17, 15) is 4.79 Å². The van der Waals surface area contributed by atoms with Crippen molar-refractivity contribution in [2.24, 2.45) is 5.73 Å². The lowest BCUT2D eigenvalue weighted by atomic mass is 10.0. The maximum Gasteiger partial charge on any atom is 0.234 e. The van der Waals surface area contributed by atoms with E-state index in [1.807, 2.05) is 0 Å². The van der Waals surface area contributed by atoms with Crippen molar-refractivity contribution in [2.75, 3.05) is 13.1 Å². The number of carbonyl (C=O) groups is 1. The van der Waals surface area contributed by atoms with E-state index in [0.29, 0.717) is 0 Å². The molecule has 0 saturated carbocycles. The van der Waals surface area contributed by atoms with Crippen molar-refractivity contribution in [2.45, 2.75) is 123 Å². The third-order valence-corrected chi connectivity index (χ3v) is 5.57. The topological polar surface area (TPSA) is 46.3 Å². The first-order chi connectivity index (χ1) is 13.2. The van der Waals surface area contributed by atoms with Crippen LogP contribution in [0, 0.1) is 0 Å². The van der Waals surface area contributed by atoms with Crippen molar-refractivity contribution in [3.63, 3.8) is 0 Å². The lowest BCUT2D eigenvalue weighted by molar-refractivity contribution is -0.123. The van der Waals surface area contributed by atoms with E-state index in [0.717, 1.165) is 25.9 Å². The number of likely N-dealkylation sites (N-methyl/N-ethyl adjacent to an activating group) is 1. The van der Waals surface area contributed by atoms with Gasteiger partial charge in [-0.2, -0.15) is 0 Å². The van der Waals surface area contributed by atoms with Crippen LogP contribution in [0.5, 0.6) is 0 Å². The van der Waals surface area contributed by atoms with Crippen LogP contribution in [-0.4, -0.2) is 29.9 Å². The smallest absolute Gasteiger partial charge is 0.234 e. The molecule has 160 valence electrons. The number of unbranched alkanes of at least 4 members (excludes halogenated alkanes) is 12. The SMILES string of the molecule is CCCCCCCC/C=C\CCCCCCCCC(C(N)=O)N(CC)CC. The third-order valence-electron chi connectivity index (χ3n) is 5.57. The molecule has 0 saturated heterocycles. The second-order valence-corrected chi connectivity index (χ2v) is 7.87. The summed E-state index contributed by atoms with van der Waals surface area (Å²) in [7, 11) is 0. The van der Waals surface area contributed by atoms with Crippen molar-refractivity contribution in [3.8, 4) is 0 Å². The first kappa shape index (κ1) is 26.2.